The first-order valence-electron chi connectivity index (χ1n) is 5.85. The van der Waals surface area contributed by atoms with Gasteiger partial charge in [-0.1, -0.05) is 15.9 Å². The molecule has 5 nitrogen and oxygen atoms in total. The normalized spacial score (nSPS) is 11.0. The molecule has 0 unspecified atom stereocenters. The van der Waals surface area contributed by atoms with Crippen molar-refractivity contribution in [3.63, 3.8) is 0 Å². The molecule has 0 bridgehead atoms. The highest BCUT2D eigenvalue weighted by molar-refractivity contribution is 9.10. The monoisotopic (exact) mass is 354 g/mol. The summed E-state index contributed by atoms with van der Waals surface area (Å²) in [5, 5.41) is 0. The van der Waals surface area contributed by atoms with E-state index in [-0.39, 0.29) is 21.8 Å². The Morgan fingerprint density at radius 1 is 1.19 bits per heavy atom. The molecule has 8 heteroatoms. The Labute approximate surface area is 126 Å². The van der Waals surface area contributed by atoms with Crippen molar-refractivity contribution < 1.29 is 13.5 Å². The Morgan fingerprint density at radius 2 is 1.86 bits per heavy atom. The Morgan fingerprint density at radius 3 is 2.48 bits per heavy atom. The van der Waals surface area contributed by atoms with Gasteiger partial charge in [-0.15, -0.1) is 0 Å². The number of hydrogen-bond donors (Lipinski definition) is 1. The highest BCUT2D eigenvalue weighted by Crippen LogP contribution is 2.29. The van der Waals surface area contributed by atoms with Crippen LogP contribution < -0.4 is 10.5 Å². The minimum absolute atomic E-state index is 0.0640. The lowest BCUT2D eigenvalue weighted by atomic mass is 10.3. The minimum Gasteiger partial charge on any atom is -0.481 e. The predicted octanol–water partition coefficient (Wildman–Crippen LogP) is 3.05. The molecule has 0 spiro atoms. The molecule has 2 aromatic heterocycles. The van der Waals surface area contributed by atoms with E-state index in [1.807, 2.05) is 0 Å². The third kappa shape index (κ3) is 2.21. The fourth-order valence-electron chi connectivity index (χ4n) is 2.04. The Bertz CT molecular complexity index is 827. The van der Waals surface area contributed by atoms with E-state index in [4.69, 9.17) is 10.5 Å². The van der Waals surface area contributed by atoms with Gasteiger partial charge in [0.15, 0.2) is 17.3 Å². The first-order valence-corrected chi connectivity index (χ1v) is 6.64. The van der Waals surface area contributed by atoms with Gasteiger partial charge in [-0.3, -0.25) is 4.57 Å². The number of nitrogen functional groups attached to an aromatic ring is 1. The number of nitrogens with two attached hydrogens (primary N) is 1. The van der Waals surface area contributed by atoms with Gasteiger partial charge in [0.05, 0.1) is 7.11 Å². The van der Waals surface area contributed by atoms with Crippen LogP contribution in [0.4, 0.5) is 14.7 Å². The molecule has 0 aliphatic heterocycles. The zero-order valence-electron chi connectivity index (χ0n) is 10.8. The van der Waals surface area contributed by atoms with Crippen molar-refractivity contribution in [1.29, 1.82) is 0 Å². The zero-order chi connectivity index (χ0) is 15.1. The van der Waals surface area contributed by atoms with E-state index in [0.29, 0.717) is 11.4 Å². The van der Waals surface area contributed by atoms with Crippen LogP contribution in [0.2, 0.25) is 0 Å². The summed E-state index contributed by atoms with van der Waals surface area (Å²) in [6, 6.07) is 5.49. The van der Waals surface area contributed by atoms with Crippen LogP contribution in [0.15, 0.2) is 28.7 Å². The van der Waals surface area contributed by atoms with E-state index >= 15 is 0 Å². The van der Waals surface area contributed by atoms with Crippen LogP contribution in [-0.2, 0) is 0 Å². The lowest BCUT2D eigenvalue weighted by Gasteiger charge is -2.09. The average Bonchev–Trinajstić information content (AvgIpc) is 2.73. The Balaban J connectivity index is 2.37. The number of benzene rings is 1. The molecule has 0 radical (unpaired) electrons. The summed E-state index contributed by atoms with van der Waals surface area (Å²) in [7, 11) is 1.44. The lowest BCUT2D eigenvalue weighted by molar-refractivity contribution is 0.399. The van der Waals surface area contributed by atoms with Crippen LogP contribution in [0.5, 0.6) is 5.88 Å². The summed E-state index contributed by atoms with van der Waals surface area (Å²) < 4.78 is 34.7. The van der Waals surface area contributed by atoms with Gasteiger partial charge in [-0.2, -0.15) is 4.98 Å². The number of hydrogen-bond acceptors (Lipinski definition) is 4. The predicted molar refractivity (Wildman–Crippen MR) is 77.4 cm³/mol. The Kier molecular flexibility index (Phi) is 3.25. The summed E-state index contributed by atoms with van der Waals surface area (Å²) in [5.74, 6) is -1.33. The van der Waals surface area contributed by atoms with Crippen LogP contribution >= 0.6 is 15.9 Å². The third-order valence-electron chi connectivity index (χ3n) is 2.92. The van der Waals surface area contributed by atoms with Gasteiger partial charge in [0.25, 0.3) is 0 Å². The first kappa shape index (κ1) is 13.7. The van der Waals surface area contributed by atoms with E-state index in [0.717, 1.165) is 16.7 Å². The number of anilines is 1. The molecule has 0 aliphatic carbocycles. The van der Waals surface area contributed by atoms with E-state index < -0.39 is 11.6 Å². The molecular formula is C13H9BrF2N4O. The van der Waals surface area contributed by atoms with Crippen molar-refractivity contribution >= 4 is 33.0 Å². The summed E-state index contributed by atoms with van der Waals surface area (Å²) in [4.78, 5) is 8.20. The maximum absolute atomic E-state index is 14.1. The quantitative estimate of drug-likeness (QED) is 0.767. The second-order valence-electron chi connectivity index (χ2n) is 4.22. The molecule has 21 heavy (non-hydrogen) atoms. The van der Waals surface area contributed by atoms with E-state index in [1.54, 1.807) is 12.1 Å². The van der Waals surface area contributed by atoms with Gasteiger partial charge in [0.2, 0.25) is 11.8 Å². The molecule has 108 valence electrons. The molecule has 0 saturated carbocycles. The highest BCUT2D eigenvalue weighted by Gasteiger charge is 2.19. The molecule has 2 N–H and O–H groups in total. The molecule has 0 amide bonds. The van der Waals surface area contributed by atoms with Crippen LogP contribution in [0, 0.1) is 11.6 Å². The van der Waals surface area contributed by atoms with Crippen molar-refractivity contribution in [3.05, 3.63) is 40.4 Å². The maximum Gasteiger partial charge on any atom is 0.215 e. The largest absolute Gasteiger partial charge is 0.481 e. The van der Waals surface area contributed by atoms with Gasteiger partial charge in [0.1, 0.15) is 11.2 Å². The fraction of sp³-hybridized carbons (Fsp3) is 0.0769. The Hall–Kier alpha value is -2.22. The van der Waals surface area contributed by atoms with Gasteiger partial charge >= 0.3 is 0 Å². The second kappa shape index (κ2) is 4.96. The van der Waals surface area contributed by atoms with E-state index in [1.165, 1.54) is 7.11 Å². The second-order valence-corrected chi connectivity index (χ2v) is 5.14. The average molecular weight is 355 g/mol. The number of fused-ring (bicyclic) bond motifs is 1. The number of imidazole rings is 1. The molecule has 0 aliphatic rings. The molecule has 3 aromatic rings. The van der Waals surface area contributed by atoms with Crippen molar-refractivity contribution in [2.75, 3.05) is 12.8 Å². The van der Waals surface area contributed by atoms with Crippen LogP contribution in [0.25, 0.3) is 16.9 Å². The van der Waals surface area contributed by atoms with E-state index in [2.05, 4.69) is 25.9 Å². The van der Waals surface area contributed by atoms with Gasteiger partial charge in [-0.05, 0) is 18.2 Å². The molecular weight excluding hydrogens is 346 g/mol. The first-order chi connectivity index (χ1) is 10.0. The topological polar surface area (TPSA) is 66.0 Å². The highest BCUT2D eigenvalue weighted by atomic mass is 79.9. The smallest absolute Gasteiger partial charge is 0.215 e. The van der Waals surface area contributed by atoms with Gasteiger partial charge in [-0.25, -0.2) is 13.8 Å². The minimum atomic E-state index is -0.780. The molecule has 1 aromatic carbocycles. The number of ether oxygens (including phenoxy) is 1. The molecule has 0 saturated heterocycles. The molecule has 2 heterocycles. The van der Waals surface area contributed by atoms with Gasteiger partial charge < -0.3 is 10.5 Å². The van der Waals surface area contributed by atoms with Crippen molar-refractivity contribution in [2.24, 2.45) is 0 Å². The number of pyridine rings is 1. The number of aromatic nitrogens is 3. The van der Waals surface area contributed by atoms with Crippen molar-refractivity contribution in [1.82, 2.24) is 14.5 Å². The number of methoxy groups -OCH3 is 1. The van der Waals surface area contributed by atoms with Gasteiger partial charge in [0, 0.05) is 10.5 Å². The van der Waals surface area contributed by atoms with Crippen molar-refractivity contribution in [3.8, 4) is 11.6 Å². The number of rotatable bonds is 2. The van der Waals surface area contributed by atoms with Crippen LogP contribution in [0.3, 0.4) is 0 Å². The summed E-state index contributed by atoms with van der Waals surface area (Å²) in [5.41, 5.74) is 6.07. The zero-order valence-corrected chi connectivity index (χ0v) is 12.4. The molecule has 0 fully saturated rings. The molecule has 0 atom stereocenters. The van der Waals surface area contributed by atoms with Crippen LogP contribution in [-0.4, -0.2) is 21.6 Å². The maximum atomic E-state index is 14.1. The number of nitrogens with zero attached hydrogens (tertiary/aromatic N) is 3. The third-order valence-corrected chi connectivity index (χ3v) is 3.38. The van der Waals surface area contributed by atoms with E-state index in [9.17, 15) is 8.78 Å². The van der Waals surface area contributed by atoms with Crippen LogP contribution in [0.1, 0.15) is 0 Å². The fourth-order valence-corrected chi connectivity index (χ4v) is 2.44. The van der Waals surface area contributed by atoms with Crippen molar-refractivity contribution in [2.45, 2.75) is 0 Å². The molecule has 3 rings (SSSR count). The summed E-state index contributed by atoms with van der Waals surface area (Å²) in [6.07, 6.45) is 0. The summed E-state index contributed by atoms with van der Waals surface area (Å²) in [6.45, 7) is 0. The lowest BCUT2D eigenvalue weighted by Crippen LogP contribution is -2.06. The standard InChI is InChI=1S/C13H9BrF2N4O/c1-21-10-3-2-9-12(19-10)20(13(17)18-9)11-7(15)4-6(14)5-8(11)16/h2-5H,1H3,(H2,17,18). The number of halogens is 3. The SMILES string of the molecule is COc1ccc2nc(N)n(-c3c(F)cc(Br)cc3F)c2n1. The summed E-state index contributed by atoms with van der Waals surface area (Å²) >= 11 is 3.03.